The molecule has 0 aromatic carbocycles. The molecule has 1 heterocycles. The van der Waals surface area contributed by atoms with E-state index in [1.54, 1.807) is 11.3 Å². The van der Waals surface area contributed by atoms with Crippen molar-refractivity contribution in [2.24, 2.45) is 0 Å². The number of thiophene rings is 1. The van der Waals surface area contributed by atoms with Crippen LogP contribution in [0.5, 0.6) is 0 Å². The maximum Gasteiger partial charge on any atom is 0.0701 e. The van der Waals surface area contributed by atoms with Gasteiger partial charge in [-0.05, 0) is 68.3 Å². The molecule has 2 N–H and O–H groups in total. The number of nitrogens with one attached hydrogen (secondary N) is 2. The van der Waals surface area contributed by atoms with Crippen molar-refractivity contribution in [3.05, 3.63) is 20.8 Å². The molecule has 0 saturated heterocycles. The smallest absolute Gasteiger partial charge is 0.0701 e. The van der Waals surface area contributed by atoms with Gasteiger partial charge in [-0.15, -0.1) is 11.3 Å². The molecule has 0 saturated carbocycles. The van der Waals surface area contributed by atoms with Gasteiger partial charge in [-0.3, -0.25) is 0 Å². The van der Waals surface area contributed by atoms with Crippen LogP contribution in [0, 0.1) is 0 Å². The van der Waals surface area contributed by atoms with E-state index in [2.05, 4.69) is 59.5 Å². The van der Waals surface area contributed by atoms with Crippen molar-refractivity contribution in [2.45, 2.75) is 39.3 Å². The minimum Gasteiger partial charge on any atom is -0.312 e. The molecule has 1 aromatic heterocycles. The van der Waals surface area contributed by atoms with E-state index in [0.717, 1.165) is 19.6 Å². The highest BCUT2D eigenvalue weighted by atomic mass is 79.9. The summed E-state index contributed by atoms with van der Waals surface area (Å²) in [6, 6.07) is 4.26. The lowest BCUT2D eigenvalue weighted by Crippen LogP contribution is -2.37. The zero-order valence-corrected chi connectivity index (χ0v) is 12.7. The molecule has 0 spiro atoms. The first-order valence-electron chi connectivity index (χ1n) is 5.67. The summed E-state index contributed by atoms with van der Waals surface area (Å²) in [7, 11) is 0. The Balaban J connectivity index is 2.00. The highest BCUT2D eigenvalue weighted by Gasteiger charge is 2.06. The lowest BCUT2D eigenvalue weighted by Gasteiger charge is -2.20. The summed E-state index contributed by atoms with van der Waals surface area (Å²) >= 11 is 5.26. The van der Waals surface area contributed by atoms with E-state index < -0.39 is 0 Å². The molecule has 0 bridgehead atoms. The highest BCUT2D eigenvalue weighted by Crippen LogP contribution is 2.21. The molecule has 0 aliphatic carbocycles. The molecule has 4 heteroatoms. The Bertz CT molecular complexity index is 304. The molecular formula is C12H21BrN2S. The monoisotopic (exact) mass is 304 g/mol. The van der Waals surface area contributed by atoms with Crippen molar-refractivity contribution >= 4 is 27.3 Å². The SMILES string of the molecule is CC(C)(C)NCCCNCc1ccc(Br)s1. The zero-order chi connectivity index (χ0) is 12.0. The second-order valence-electron chi connectivity index (χ2n) is 4.91. The summed E-state index contributed by atoms with van der Waals surface area (Å²) in [6.45, 7) is 9.71. The summed E-state index contributed by atoms with van der Waals surface area (Å²) < 4.78 is 1.21. The molecule has 0 unspecified atom stereocenters. The topological polar surface area (TPSA) is 24.1 Å². The van der Waals surface area contributed by atoms with Gasteiger partial charge in [-0.25, -0.2) is 0 Å². The summed E-state index contributed by atoms with van der Waals surface area (Å²) in [5, 5.41) is 6.93. The van der Waals surface area contributed by atoms with Crippen LogP contribution in [0.3, 0.4) is 0 Å². The van der Waals surface area contributed by atoms with Gasteiger partial charge in [0.15, 0.2) is 0 Å². The van der Waals surface area contributed by atoms with Crippen LogP contribution in [0.2, 0.25) is 0 Å². The van der Waals surface area contributed by atoms with Crippen LogP contribution in [0.4, 0.5) is 0 Å². The standard InChI is InChI=1S/C12H21BrN2S/c1-12(2,3)15-8-4-7-14-9-10-5-6-11(13)16-10/h5-6,14-15H,4,7-9H2,1-3H3. The van der Waals surface area contributed by atoms with E-state index in [1.165, 1.54) is 15.1 Å². The number of rotatable bonds is 6. The average Bonchev–Trinajstić information content (AvgIpc) is 2.56. The summed E-state index contributed by atoms with van der Waals surface area (Å²) in [5.41, 5.74) is 0.235. The third-order valence-corrected chi connectivity index (χ3v) is 3.74. The van der Waals surface area contributed by atoms with Crippen molar-refractivity contribution in [1.82, 2.24) is 10.6 Å². The minimum atomic E-state index is 0.235. The third-order valence-electron chi connectivity index (χ3n) is 2.11. The number of halogens is 1. The van der Waals surface area contributed by atoms with E-state index in [4.69, 9.17) is 0 Å². The van der Waals surface area contributed by atoms with Gasteiger partial charge >= 0.3 is 0 Å². The van der Waals surface area contributed by atoms with Gasteiger partial charge in [0.25, 0.3) is 0 Å². The van der Waals surface area contributed by atoms with Crippen LogP contribution in [0.1, 0.15) is 32.1 Å². The molecule has 0 amide bonds. The normalized spacial score (nSPS) is 12.0. The van der Waals surface area contributed by atoms with Gasteiger partial charge in [-0.1, -0.05) is 0 Å². The molecule has 0 atom stereocenters. The van der Waals surface area contributed by atoms with Gasteiger partial charge in [0.2, 0.25) is 0 Å². The average molecular weight is 305 g/mol. The maximum absolute atomic E-state index is 3.48. The first-order valence-corrected chi connectivity index (χ1v) is 7.28. The third kappa shape index (κ3) is 6.63. The Morgan fingerprint density at radius 1 is 1.25 bits per heavy atom. The molecule has 92 valence electrons. The molecule has 0 aliphatic heterocycles. The Labute approximate surface area is 111 Å². The molecule has 0 radical (unpaired) electrons. The van der Waals surface area contributed by atoms with Crippen molar-refractivity contribution < 1.29 is 0 Å². The van der Waals surface area contributed by atoms with Crippen LogP contribution >= 0.6 is 27.3 Å². The zero-order valence-electron chi connectivity index (χ0n) is 10.3. The van der Waals surface area contributed by atoms with Crippen molar-refractivity contribution in [3.63, 3.8) is 0 Å². The van der Waals surface area contributed by atoms with Crippen LogP contribution < -0.4 is 10.6 Å². The van der Waals surface area contributed by atoms with Crippen molar-refractivity contribution in [2.75, 3.05) is 13.1 Å². The Kier molecular flexibility index (Phi) is 5.97. The van der Waals surface area contributed by atoms with E-state index in [-0.39, 0.29) is 5.54 Å². The van der Waals surface area contributed by atoms with E-state index in [1.807, 2.05) is 0 Å². The summed E-state index contributed by atoms with van der Waals surface area (Å²) in [6.07, 6.45) is 1.17. The highest BCUT2D eigenvalue weighted by molar-refractivity contribution is 9.11. The second-order valence-corrected chi connectivity index (χ2v) is 7.46. The second kappa shape index (κ2) is 6.74. The van der Waals surface area contributed by atoms with E-state index in [9.17, 15) is 0 Å². The predicted molar refractivity (Wildman–Crippen MR) is 76.1 cm³/mol. The van der Waals surface area contributed by atoms with Crippen molar-refractivity contribution in [3.8, 4) is 0 Å². The Morgan fingerprint density at radius 2 is 2.00 bits per heavy atom. The first kappa shape index (κ1) is 14.2. The van der Waals surface area contributed by atoms with Crippen LogP contribution in [0.15, 0.2) is 15.9 Å². The van der Waals surface area contributed by atoms with E-state index >= 15 is 0 Å². The fraction of sp³-hybridized carbons (Fsp3) is 0.667. The lowest BCUT2D eigenvalue weighted by molar-refractivity contribution is 0.418. The molecule has 16 heavy (non-hydrogen) atoms. The first-order chi connectivity index (χ1) is 7.47. The van der Waals surface area contributed by atoms with Gasteiger partial charge in [0.05, 0.1) is 3.79 Å². The minimum absolute atomic E-state index is 0.235. The molecule has 1 aromatic rings. The number of hydrogen-bond donors (Lipinski definition) is 2. The predicted octanol–water partition coefficient (Wildman–Crippen LogP) is 3.38. The largest absolute Gasteiger partial charge is 0.312 e. The van der Waals surface area contributed by atoms with Gasteiger partial charge in [0.1, 0.15) is 0 Å². The van der Waals surface area contributed by atoms with Crippen LogP contribution in [-0.2, 0) is 6.54 Å². The quantitative estimate of drug-likeness (QED) is 0.787. The number of hydrogen-bond acceptors (Lipinski definition) is 3. The molecule has 2 nitrogen and oxygen atoms in total. The van der Waals surface area contributed by atoms with E-state index in [0.29, 0.717) is 0 Å². The van der Waals surface area contributed by atoms with Crippen LogP contribution in [0.25, 0.3) is 0 Å². The molecule has 0 fully saturated rings. The van der Waals surface area contributed by atoms with Crippen molar-refractivity contribution in [1.29, 1.82) is 0 Å². The maximum atomic E-state index is 3.48. The van der Waals surface area contributed by atoms with Crippen LogP contribution in [-0.4, -0.2) is 18.6 Å². The summed E-state index contributed by atoms with van der Waals surface area (Å²) in [4.78, 5) is 1.38. The molecular weight excluding hydrogens is 284 g/mol. The molecule has 0 aliphatic rings. The molecule has 1 rings (SSSR count). The van der Waals surface area contributed by atoms with Gasteiger partial charge < -0.3 is 10.6 Å². The fourth-order valence-electron chi connectivity index (χ4n) is 1.34. The fourth-order valence-corrected chi connectivity index (χ4v) is 2.79. The Morgan fingerprint density at radius 3 is 2.56 bits per heavy atom. The lowest BCUT2D eigenvalue weighted by atomic mass is 10.1. The van der Waals surface area contributed by atoms with Gasteiger partial charge in [-0.2, -0.15) is 0 Å². The Hall–Kier alpha value is 0.1000. The van der Waals surface area contributed by atoms with Gasteiger partial charge in [0, 0.05) is 17.0 Å². The summed E-state index contributed by atoms with van der Waals surface area (Å²) in [5.74, 6) is 0.